The van der Waals surface area contributed by atoms with Crippen molar-refractivity contribution < 1.29 is 33.8 Å². The molecule has 0 saturated carbocycles. The van der Waals surface area contributed by atoms with Gasteiger partial charge in [-0.2, -0.15) is 0 Å². The second-order valence-electron chi connectivity index (χ2n) is 9.21. The molecule has 8 nitrogen and oxygen atoms in total. The molecule has 0 spiro atoms. The van der Waals surface area contributed by atoms with E-state index in [0.29, 0.717) is 55.5 Å². The number of carbonyl (C=O) groups is 2. The molecule has 36 heavy (non-hydrogen) atoms. The Kier molecular flexibility index (Phi) is 8.28. The number of rotatable bonds is 9. The van der Waals surface area contributed by atoms with Gasteiger partial charge in [0.15, 0.2) is 11.5 Å². The fourth-order valence-corrected chi connectivity index (χ4v) is 4.68. The minimum absolute atomic E-state index is 0.0230. The van der Waals surface area contributed by atoms with Crippen molar-refractivity contribution >= 4 is 17.4 Å². The van der Waals surface area contributed by atoms with E-state index in [0.717, 1.165) is 25.1 Å². The molecule has 2 aliphatic rings. The van der Waals surface area contributed by atoms with Gasteiger partial charge in [-0.3, -0.25) is 9.59 Å². The Labute approximate surface area is 212 Å². The van der Waals surface area contributed by atoms with E-state index in [4.69, 9.17) is 14.2 Å². The molecule has 0 radical (unpaired) electrons. The third-order valence-corrected chi connectivity index (χ3v) is 6.71. The fourth-order valence-electron chi connectivity index (χ4n) is 4.68. The lowest BCUT2D eigenvalue weighted by molar-refractivity contribution is -0.907. The molecular weight excluding hydrogens is 460 g/mol. The van der Waals surface area contributed by atoms with Gasteiger partial charge in [0.2, 0.25) is 5.78 Å². The van der Waals surface area contributed by atoms with Crippen molar-refractivity contribution in [1.82, 2.24) is 4.90 Å². The molecule has 2 saturated heterocycles. The lowest BCUT2D eigenvalue weighted by atomic mass is 9.94. The number of aryl methyl sites for hydroxylation is 1. The lowest BCUT2D eigenvalue weighted by Gasteiger charge is -2.30. The molecule has 1 unspecified atom stereocenters. The van der Waals surface area contributed by atoms with Gasteiger partial charge in [0.25, 0.3) is 5.91 Å². The standard InChI is InChI=1S/C28H34N2O6/c1-4-15-36-22-10-9-21(18-23(22)34-3)25-24(26(31)20-7-5-19(2)6-8-20)27(32)28(33)30(25)12-11-29-13-16-35-17-14-29/h5-10,18,25,31H,4,11-17H2,1-3H3/b26-24+. The Bertz CT molecular complexity index is 1120. The predicted octanol–water partition coefficient (Wildman–Crippen LogP) is 0.932. The number of nitrogens with zero attached hydrogens (tertiary/aromatic N) is 1. The van der Waals surface area contributed by atoms with Crippen LogP contribution in [0, 0.1) is 6.92 Å². The van der Waals surface area contributed by atoms with E-state index in [9.17, 15) is 14.7 Å². The number of ether oxygens (including phenoxy) is 3. The first-order valence-electron chi connectivity index (χ1n) is 12.5. The highest BCUT2D eigenvalue weighted by Gasteiger charge is 2.44. The molecule has 2 heterocycles. The van der Waals surface area contributed by atoms with Gasteiger partial charge in [-0.05, 0) is 36.6 Å². The third kappa shape index (κ3) is 5.39. The Balaban J connectivity index is 1.75. The average molecular weight is 495 g/mol. The van der Waals surface area contributed by atoms with E-state index in [1.165, 1.54) is 9.80 Å². The molecule has 4 rings (SSSR count). The predicted molar refractivity (Wildman–Crippen MR) is 133 cm³/mol. The van der Waals surface area contributed by atoms with Crippen LogP contribution >= 0.6 is 0 Å². The first-order valence-corrected chi connectivity index (χ1v) is 12.5. The molecule has 2 fully saturated rings. The summed E-state index contributed by atoms with van der Waals surface area (Å²) in [4.78, 5) is 29.3. The number of methoxy groups -OCH3 is 1. The molecule has 2 aromatic rings. The van der Waals surface area contributed by atoms with Crippen LogP contribution in [0.5, 0.6) is 11.5 Å². The van der Waals surface area contributed by atoms with Crippen molar-refractivity contribution in [1.29, 1.82) is 0 Å². The molecule has 2 aromatic carbocycles. The van der Waals surface area contributed by atoms with Crippen LogP contribution in [0.25, 0.3) is 5.76 Å². The van der Waals surface area contributed by atoms with E-state index in [2.05, 4.69) is 0 Å². The summed E-state index contributed by atoms with van der Waals surface area (Å²) < 4.78 is 16.8. The zero-order valence-corrected chi connectivity index (χ0v) is 21.2. The Morgan fingerprint density at radius 2 is 1.83 bits per heavy atom. The maximum absolute atomic E-state index is 13.6. The van der Waals surface area contributed by atoms with Crippen LogP contribution in [0.3, 0.4) is 0 Å². The van der Waals surface area contributed by atoms with Crippen LogP contribution < -0.4 is 19.5 Å². The molecule has 1 atom stereocenters. The maximum atomic E-state index is 13.6. The van der Waals surface area contributed by atoms with Crippen molar-refractivity contribution in [2.45, 2.75) is 26.3 Å². The number of carbonyl (C=O) groups excluding carboxylic acids is 2. The SMILES string of the molecule is CCCOc1ccc(C2/C(=C(\[O-])c3ccc(C)cc3)C(=O)C(=O)N2CC[NH+]2CCOCC2)cc1OC. The second kappa shape index (κ2) is 11.6. The van der Waals surface area contributed by atoms with Gasteiger partial charge < -0.3 is 29.1 Å². The summed E-state index contributed by atoms with van der Waals surface area (Å²) >= 11 is 0. The molecule has 192 valence electrons. The summed E-state index contributed by atoms with van der Waals surface area (Å²) in [7, 11) is 1.55. The van der Waals surface area contributed by atoms with Crippen LogP contribution in [-0.4, -0.2) is 69.7 Å². The summed E-state index contributed by atoms with van der Waals surface area (Å²) in [6.45, 7) is 8.53. The second-order valence-corrected chi connectivity index (χ2v) is 9.21. The maximum Gasteiger partial charge on any atom is 0.295 e. The van der Waals surface area contributed by atoms with Crippen molar-refractivity contribution in [3.05, 3.63) is 64.7 Å². The fraction of sp³-hybridized carbons (Fsp3) is 0.429. The van der Waals surface area contributed by atoms with E-state index in [-0.39, 0.29) is 5.57 Å². The quantitative estimate of drug-likeness (QED) is 0.317. The van der Waals surface area contributed by atoms with Gasteiger partial charge in [-0.15, -0.1) is 0 Å². The molecule has 8 heteroatoms. The number of quaternary nitrogens is 1. The summed E-state index contributed by atoms with van der Waals surface area (Å²) in [6, 6.07) is 11.6. The normalized spacial score (nSPS) is 20.1. The number of morpholine rings is 1. The molecule has 1 N–H and O–H groups in total. The number of hydrogen-bond acceptors (Lipinski definition) is 6. The third-order valence-electron chi connectivity index (χ3n) is 6.71. The zero-order chi connectivity index (χ0) is 25.7. The van der Waals surface area contributed by atoms with E-state index in [1.54, 1.807) is 37.4 Å². The van der Waals surface area contributed by atoms with Crippen LogP contribution in [0.4, 0.5) is 0 Å². The molecule has 1 amide bonds. The smallest absolute Gasteiger partial charge is 0.295 e. The van der Waals surface area contributed by atoms with E-state index < -0.39 is 23.5 Å². The van der Waals surface area contributed by atoms with Gasteiger partial charge in [0, 0.05) is 5.57 Å². The largest absolute Gasteiger partial charge is 0.872 e. The Hall–Kier alpha value is -3.36. The monoisotopic (exact) mass is 494 g/mol. The topological polar surface area (TPSA) is 92.6 Å². The van der Waals surface area contributed by atoms with Crippen LogP contribution in [0.2, 0.25) is 0 Å². The number of likely N-dealkylation sites (tertiary alicyclic amines) is 1. The zero-order valence-electron chi connectivity index (χ0n) is 21.2. The molecular formula is C28H34N2O6. The highest BCUT2D eigenvalue weighted by Crippen LogP contribution is 2.41. The highest BCUT2D eigenvalue weighted by atomic mass is 16.5. The van der Waals surface area contributed by atoms with Crippen LogP contribution in [0.1, 0.15) is 36.1 Å². The van der Waals surface area contributed by atoms with Gasteiger partial charge in [-0.1, -0.05) is 48.6 Å². The number of Topliss-reactive ketones (excluding diaryl/α,β-unsaturated/α-hetero) is 1. The summed E-state index contributed by atoms with van der Waals surface area (Å²) in [5, 5.41) is 13.6. The first kappa shape index (κ1) is 25.7. The van der Waals surface area contributed by atoms with Crippen LogP contribution in [-0.2, 0) is 14.3 Å². The number of amides is 1. The van der Waals surface area contributed by atoms with Crippen molar-refractivity contribution in [3.63, 3.8) is 0 Å². The number of nitrogens with one attached hydrogen (secondary N) is 1. The minimum Gasteiger partial charge on any atom is -0.872 e. The van der Waals surface area contributed by atoms with Gasteiger partial charge in [0.1, 0.15) is 13.1 Å². The first-order chi connectivity index (χ1) is 17.4. The molecule has 0 bridgehead atoms. The van der Waals surface area contributed by atoms with Crippen molar-refractivity contribution in [3.8, 4) is 11.5 Å². The Morgan fingerprint density at radius 1 is 1.11 bits per heavy atom. The van der Waals surface area contributed by atoms with Crippen LogP contribution in [0.15, 0.2) is 48.0 Å². The Morgan fingerprint density at radius 3 is 2.50 bits per heavy atom. The molecule has 0 aliphatic carbocycles. The summed E-state index contributed by atoms with van der Waals surface area (Å²) in [5.74, 6) is -0.741. The number of benzene rings is 2. The highest BCUT2D eigenvalue weighted by molar-refractivity contribution is 6.46. The number of hydrogen-bond donors (Lipinski definition) is 1. The summed E-state index contributed by atoms with van der Waals surface area (Å²) in [5.41, 5.74) is 2.01. The van der Waals surface area contributed by atoms with Gasteiger partial charge in [-0.25, -0.2) is 0 Å². The van der Waals surface area contributed by atoms with E-state index >= 15 is 0 Å². The number of ketones is 1. The average Bonchev–Trinajstić information content (AvgIpc) is 3.16. The minimum atomic E-state index is -0.798. The summed E-state index contributed by atoms with van der Waals surface area (Å²) in [6.07, 6.45) is 0.844. The molecule has 0 aromatic heterocycles. The lowest BCUT2D eigenvalue weighted by Crippen LogP contribution is -3.14. The van der Waals surface area contributed by atoms with Gasteiger partial charge in [0.05, 0.1) is 46.1 Å². The van der Waals surface area contributed by atoms with Crippen molar-refractivity contribution in [2.75, 3.05) is 53.1 Å². The van der Waals surface area contributed by atoms with E-state index in [1.807, 2.05) is 26.0 Å². The molecule has 2 aliphatic heterocycles. The van der Waals surface area contributed by atoms with Crippen molar-refractivity contribution in [2.24, 2.45) is 0 Å². The van der Waals surface area contributed by atoms with Gasteiger partial charge >= 0.3 is 0 Å².